The first-order chi connectivity index (χ1) is 15.3. The van der Waals surface area contributed by atoms with Gasteiger partial charge in [0, 0.05) is 54.9 Å². The fraction of sp³-hybridized carbons (Fsp3) is 0.348. The minimum absolute atomic E-state index is 0.00202. The Kier molecular flexibility index (Phi) is 5.89. The van der Waals surface area contributed by atoms with E-state index in [1.54, 1.807) is 18.5 Å². The molecule has 166 valence electrons. The lowest BCUT2D eigenvalue weighted by atomic mass is 9.95. The van der Waals surface area contributed by atoms with E-state index < -0.39 is 9.84 Å². The number of sulfone groups is 1. The number of fused-ring (bicyclic) bond motifs is 1. The number of carbonyl (C=O) groups excluding carboxylic acids is 1. The number of rotatable bonds is 5. The summed E-state index contributed by atoms with van der Waals surface area (Å²) in [6, 6.07) is 4.95. The van der Waals surface area contributed by atoms with Crippen LogP contribution in [0.15, 0.2) is 41.7 Å². The Morgan fingerprint density at radius 3 is 2.91 bits per heavy atom. The molecule has 3 aromatic rings. The molecule has 1 aliphatic heterocycles. The number of aromatic amines is 1. The van der Waals surface area contributed by atoms with E-state index in [1.807, 2.05) is 11.0 Å². The maximum absolute atomic E-state index is 12.4. The van der Waals surface area contributed by atoms with Crippen LogP contribution in [0.5, 0.6) is 0 Å². The van der Waals surface area contributed by atoms with Crippen LogP contribution in [-0.4, -0.2) is 59.6 Å². The van der Waals surface area contributed by atoms with E-state index in [2.05, 4.69) is 33.1 Å². The lowest BCUT2D eigenvalue weighted by Crippen LogP contribution is -2.48. The molecule has 1 saturated heterocycles. The molecule has 1 aliphatic rings. The first-order valence-electron chi connectivity index (χ1n) is 10.4. The molecule has 0 aliphatic carbocycles. The molecular formula is C23H25N5O3S. The molecule has 32 heavy (non-hydrogen) atoms. The minimum atomic E-state index is -3.38. The van der Waals surface area contributed by atoms with E-state index in [4.69, 9.17) is 6.42 Å². The molecule has 1 amide bonds. The predicted molar refractivity (Wildman–Crippen MR) is 124 cm³/mol. The molecule has 0 saturated carbocycles. The fourth-order valence-corrected chi connectivity index (χ4v) is 4.84. The molecule has 4 rings (SSSR count). The van der Waals surface area contributed by atoms with Crippen LogP contribution in [0.3, 0.4) is 0 Å². The zero-order valence-corrected chi connectivity index (χ0v) is 18.8. The van der Waals surface area contributed by atoms with Crippen molar-refractivity contribution in [3.63, 3.8) is 0 Å². The third kappa shape index (κ3) is 4.46. The maximum Gasteiger partial charge on any atom is 0.234 e. The van der Waals surface area contributed by atoms with E-state index in [-0.39, 0.29) is 23.3 Å². The highest BCUT2D eigenvalue weighted by Crippen LogP contribution is 2.35. The molecule has 1 fully saturated rings. The van der Waals surface area contributed by atoms with Gasteiger partial charge in [-0.1, -0.05) is 12.8 Å². The summed E-state index contributed by atoms with van der Waals surface area (Å²) in [6.45, 7) is 3.33. The van der Waals surface area contributed by atoms with Crippen LogP contribution in [0.1, 0.15) is 19.8 Å². The third-order valence-corrected chi connectivity index (χ3v) is 6.75. The van der Waals surface area contributed by atoms with Crippen molar-refractivity contribution < 1.29 is 13.2 Å². The number of hydrogen-bond donors (Lipinski definition) is 2. The molecule has 4 heterocycles. The van der Waals surface area contributed by atoms with Crippen LogP contribution in [-0.2, 0) is 14.6 Å². The zero-order valence-electron chi connectivity index (χ0n) is 18.0. The average molecular weight is 452 g/mol. The first kappa shape index (κ1) is 21.8. The maximum atomic E-state index is 12.4. The van der Waals surface area contributed by atoms with Crippen molar-refractivity contribution in [2.24, 2.45) is 5.92 Å². The number of carbonyl (C=O) groups is 1. The predicted octanol–water partition coefficient (Wildman–Crippen LogP) is 2.70. The normalized spacial score (nSPS) is 19.0. The van der Waals surface area contributed by atoms with Crippen molar-refractivity contribution in [3.8, 4) is 23.6 Å². The number of piperidine rings is 1. The van der Waals surface area contributed by atoms with Crippen LogP contribution in [0.4, 0.5) is 5.69 Å². The summed E-state index contributed by atoms with van der Waals surface area (Å²) in [7, 11) is -3.38. The molecule has 9 heteroatoms. The van der Waals surface area contributed by atoms with Crippen molar-refractivity contribution in [2.75, 3.05) is 24.7 Å². The highest BCUT2D eigenvalue weighted by molar-refractivity contribution is 7.90. The molecule has 3 aromatic heterocycles. The number of nitrogens with zero attached hydrogens (tertiary/aromatic N) is 3. The number of hydrogen-bond acceptors (Lipinski definition) is 6. The van der Waals surface area contributed by atoms with Gasteiger partial charge in [0.05, 0.1) is 22.7 Å². The lowest BCUT2D eigenvalue weighted by molar-refractivity contribution is -0.131. The van der Waals surface area contributed by atoms with Gasteiger partial charge >= 0.3 is 0 Å². The van der Waals surface area contributed by atoms with Gasteiger partial charge in [-0.15, -0.1) is 6.42 Å². The number of terminal acetylenes is 1. The number of anilines is 1. The van der Waals surface area contributed by atoms with Gasteiger partial charge in [0.1, 0.15) is 5.65 Å². The summed E-state index contributed by atoms with van der Waals surface area (Å²) in [5.74, 6) is 2.69. The second-order valence-electron chi connectivity index (χ2n) is 8.30. The highest BCUT2D eigenvalue weighted by atomic mass is 32.2. The second kappa shape index (κ2) is 8.63. The van der Waals surface area contributed by atoms with Gasteiger partial charge in [-0.05, 0) is 30.5 Å². The van der Waals surface area contributed by atoms with E-state index in [0.717, 1.165) is 17.5 Å². The Labute approximate surface area is 187 Å². The Hall–Kier alpha value is -3.38. The number of aromatic nitrogens is 3. The van der Waals surface area contributed by atoms with Crippen molar-refractivity contribution in [1.82, 2.24) is 19.9 Å². The summed E-state index contributed by atoms with van der Waals surface area (Å²) in [6.07, 6.45) is 12.4. The molecule has 0 aromatic carbocycles. The van der Waals surface area contributed by atoms with Crippen molar-refractivity contribution in [3.05, 3.63) is 36.8 Å². The molecule has 2 atom stereocenters. The van der Waals surface area contributed by atoms with Crippen LogP contribution >= 0.6 is 0 Å². The quantitative estimate of drug-likeness (QED) is 0.578. The Balaban J connectivity index is 1.74. The lowest BCUT2D eigenvalue weighted by Gasteiger charge is -2.37. The van der Waals surface area contributed by atoms with Gasteiger partial charge < -0.3 is 15.2 Å². The monoisotopic (exact) mass is 451 g/mol. The summed E-state index contributed by atoms with van der Waals surface area (Å²) in [5, 5.41) is 4.47. The number of amides is 1. The molecular weight excluding hydrogens is 426 g/mol. The van der Waals surface area contributed by atoms with Gasteiger partial charge in [0.2, 0.25) is 5.91 Å². The Morgan fingerprint density at radius 1 is 1.34 bits per heavy atom. The standard InChI is InChI=1S/C23H25N5O3S/c1-4-5-21(29)28-13-15(2)10-16(14-28)27-22-18-7-9-25-23(18)26-12-19(22)20-11-17(6-8-24-20)32(3,30)31/h1,6-9,11-12,15-16H,5,10,13-14H2,2-3H3,(H2,25,26,27)/t15-,16+/m0/s1. The summed E-state index contributed by atoms with van der Waals surface area (Å²) in [5.41, 5.74) is 2.72. The molecule has 0 spiro atoms. The molecule has 2 N–H and O–H groups in total. The zero-order chi connectivity index (χ0) is 22.9. The highest BCUT2D eigenvalue weighted by Gasteiger charge is 2.28. The summed E-state index contributed by atoms with van der Waals surface area (Å²) < 4.78 is 24.1. The molecule has 8 nitrogen and oxygen atoms in total. The van der Waals surface area contributed by atoms with Crippen molar-refractivity contribution in [1.29, 1.82) is 0 Å². The van der Waals surface area contributed by atoms with Crippen LogP contribution < -0.4 is 5.32 Å². The summed E-state index contributed by atoms with van der Waals surface area (Å²) in [4.78, 5) is 26.4. The van der Waals surface area contributed by atoms with Crippen LogP contribution in [0, 0.1) is 18.3 Å². The van der Waals surface area contributed by atoms with Gasteiger partial charge in [-0.3, -0.25) is 9.78 Å². The van der Waals surface area contributed by atoms with Gasteiger partial charge in [0.25, 0.3) is 0 Å². The smallest absolute Gasteiger partial charge is 0.234 e. The number of pyridine rings is 2. The fourth-order valence-electron chi connectivity index (χ4n) is 4.21. The summed E-state index contributed by atoms with van der Waals surface area (Å²) >= 11 is 0. The van der Waals surface area contributed by atoms with Crippen molar-refractivity contribution >= 4 is 32.5 Å². The van der Waals surface area contributed by atoms with Gasteiger partial charge in [0.15, 0.2) is 9.84 Å². The first-order valence-corrected chi connectivity index (χ1v) is 12.3. The molecule has 0 bridgehead atoms. The number of nitrogens with one attached hydrogen (secondary N) is 2. The minimum Gasteiger partial charge on any atom is -0.379 e. The van der Waals surface area contributed by atoms with E-state index in [0.29, 0.717) is 35.9 Å². The van der Waals surface area contributed by atoms with E-state index in [9.17, 15) is 13.2 Å². The van der Waals surface area contributed by atoms with E-state index in [1.165, 1.54) is 18.5 Å². The molecule has 0 radical (unpaired) electrons. The van der Waals surface area contributed by atoms with Crippen LogP contribution in [0.2, 0.25) is 0 Å². The second-order valence-corrected chi connectivity index (χ2v) is 10.3. The SMILES string of the molecule is C#CCC(=O)N1C[C@@H](C)C[C@@H](Nc2c(-c3cc(S(C)(=O)=O)ccn3)cnc3[nH]ccc23)C1. The Morgan fingerprint density at radius 2 is 2.16 bits per heavy atom. The average Bonchev–Trinajstić information content (AvgIpc) is 3.22. The van der Waals surface area contributed by atoms with Crippen molar-refractivity contribution in [2.45, 2.75) is 30.7 Å². The molecule has 0 unspecified atom stereocenters. The topological polar surface area (TPSA) is 108 Å². The van der Waals surface area contributed by atoms with E-state index >= 15 is 0 Å². The van der Waals surface area contributed by atoms with Gasteiger partial charge in [-0.25, -0.2) is 13.4 Å². The van der Waals surface area contributed by atoms with Crippen LogP contribution in [0.25, 0.3) is 22.3 Å². The Bertz CT molecular complexity index is 1310. The van der Waals surface area contributed by atoms with Gasteiger partial charge in [-0.2, -0.15) is 0 Å². The third-order valence-electron chi connectivity index (χ3n) is 5.64. The number of likely N-dealkylation sites (tertiary alicyclic amines) is 1. The largest absolute Gasteiger partial charge is 0.379 e. The number of H-pyrrole nitrogens is 1.